The predicted octanol–water partition coefficient (Wildman–Crippen LogP) is 3.02. The Balaban J connectivity index is 1.62. The molecule has 7 nitrogen and oxygen atoms in total. The van der Waals surface area contributed by atoms with Crippen LogP contribution in [-0.2, 0) is 24.3 Å². The van der Waals surface area contributed by atoms with Gasteiger partial charge in [-0.15, -0.1) is 10.2 Å². The minimum atomic E-state index is -0.139. The van der Waals surface area contributed by atoms with Crippen LogP contribution in [0.1, 0.15) is 57.9 Å². The number of carbonyl (C=O) groups excluding carboxylic acids is 1. The van der Waals surface area contributed by atoms with Crippen molar-refractivity contribution in [3.8, 4) is 0 Å². The highest BCUT2D eigenvalue weighted by atomic mass is 16.1. The Morgan fingerprint density at radius 2 is 1.77 bits per heavy atom. The van der Waals surface area contributed by atoms with Crippen LogP contribution < -0.4 is 10.2 Å². The Bertz CT molecular complexity index is 825. The van der Waals surface area contributed by atoms with E-state index < -0.39 is 0 Å². The highest BCUT2D eigenvalue weighted by molar-refractivity contribution is 5.78. The van der Waals surface area contributed by atoms with E-state index in [1.165, 1.54) is 11.3 Å². The fraction of sp³-hybridized carbons (Fsp3) is 0.609. The molecule has 2 aromatic rings. The number of benzene rings is 1. The first-order valence-corrected chi connectivity index (χ1v) is 11.2. The Morgan fingerprint density at radius 3 is 2.40 bits per heavy atom. The first kappa shape index (κ1) is 22.3. The third kappa shape index (κ3) is 5.19. The molecule has 164 valence electrons. The molecule has 2 heterocycles. The number of aromatic nitrogens is 3. The SMILES string of the molecule is CCN(CC)c1ccc(CN2CCc3nnc([C@@H](C)NC(=O)C(C)C)n3CC2)cc1. The van der Waals surface area contributed by atoms with Gasteiger partial charge in [0.1, 0.15) is 5.82 Å². The second-order valence-electron chi connectivity index (χ2n) is 8.38. The Labute approximate surface area is 180 Å². The van der Waals surface area contributed by atoms with Crippen molar-refractivity contribution in [3.63, 3.8) is 0 Å². The molecule has 0 aliphatic carbocycles. The summed E-state index contributed by atoms with van der Waals surface area (Å²) in [6.07, 6.45) is 0.870. The van der Waals surface area contributed by atoms with Gasteiger partial charge in [-0.25, -0.2) is 0 Å². The monoisotopic (exact) mass is 412 g/mol. The van der Waals surface area contributed by atoms with Crippen molar-refractivity contribution >= 4 is 11.6 Å². The maximum absolute atomic E-state index is 12.1. The minimum Gasteiger partial charge on any atom is -0.372 e. The lowest BCUT2D eigenvalue weighted by molar-refractivity contribution is -0.124. The Kier molecular flexibility index (Phi) is 7.48. The van der Waals surface area contributed by atoms with Crippen molar-refractivity contribution in [1.82, 2.24) is 25.0 Å². The zero-order chi connectivity index (χ0) is 21.7. The van der Waals surface area contributed by atoms with E-state index >= 15 is 0 Å². The van der Waals surface area contributed by atoms with Crippen molar-refractivity contribution < 1.29 is 4.79 Å². The average Bonchev–Trinajstić information content (AvgIpc) is 3.04. The van der Waals surface area contributed by atoms with Gasteiger partial charge in [-0.3, -0.25) is 9.69 Å². The normalized spacial score (nSPS) is 15.5. The van der Waals surface area contributed by atoms with Crippen LogP contribution in [0.15, 0.2) is 24.3 Å². The van der Waals surface area contributed by atoms with Crippen molar-refractivity contribution in [2.45, 2.75) is 60.2 Å². The van der Waals surface area contributed by atoms with E-state index in [2.05, 4.69) is 68.0 Å². The summed E-state index contributed by atoms with van der Waals surface area (Å²) in [4.78, 5) is 16.9. The predicted molar refractivity (Wildman–Crippen MR) is 120 cm³/mol. The molecule has 1 N–H and O–H groups in total. The molecule has 1 aliphatic rings. The summed E-state index contributed by atoms with van der Waals surface area (Å²) < 4.78 is 2.19. The van der Waals surface area contributed by atoms with Gasteiger partial charge in [0.2, 0.25) is 5.91 Å². The smallest absolute Gasteiger partial charge is 0.223 e. The van der Waals surface area contributed by atoms with Crippen molar-refractivity contribution in [3.05, 3.63) is 41.5 Å². The van der Waals surface area contributed by atoms with E-state index in [0.29, 0.717) is 0 Å². The quantitative estimate of drug-likeness (QED) is 0.722. The van der Waals surface area contributed by atoms with Crippen LogP contribution in [0, 0.1) is 5.92 Å². The third-order valence-electron chi connectivity index (χ3n) is 5.89. The molecule has 1 atom stereocenters. The zero-order valence-corrected chi connectivity index (χ0v) is 19.1. The molecule has 0 spiro atoms. The topological polar surface area (TPSA) is 66.3 Å². The van der Waals surface area contributed by atoms with Crippen LogP contribution in [-0.4, -0.2) is 51.8 Å². The number of anilines is 1. The Hall–Kier alpha value is -2.41. The average molecular weight is 413 g/mol. The van der Waals surface area contributed by atoms with E-state index in [-0.39, 0.29) is 17.9 Å². The highest BCUT2D eigenvalue weighted by Crippen LogP contribution is 2.19. The van der Waals surface area contributed by atoms with Gasteiger partial charge < -0.3 is 14.8 Å². The van der Waals surface area contributed by atoms with Gasteiger partial charge in [0.05, 0.1) is 6.04 Å². The summed E-state index contributed by atoms with van der Waals surface area (Å²) in [6.45, 7) is 15.9. The van der Waals surface area contributed by atoms with E-state index in [1.807, 2.05) is 20.8 Å². The molecule has 7 heteroatoms. The van der Waals surface area contributed by atoms with Crippen LogP contribution in [0.5, 0.6) is 0 Å². The molecule has 0 radical (unpaired) electrons. The number of hydrogen-bond acceptors (Lipinski definition) is 5. The van der Waals surface area contributed by atoms with Crippen molar-refractivity contribution in [2.75, 3.05) is 31.1 Å². The van der Waals surface area contributed by atoms with Crippen LogP contribution >= 0.6 is 0 Å². The summed E-state index contributed by atoms with van der Waals surface area (Å²) in [7, 11) is 0. The summed E-state index contributed by atoms with van der Waals surface area (Å²) in [6, 6.07) is 8.81. The van der Waals surface area contributed by atoms with Gasteiger partial charge >= 0.3 is 0 Å². The molecule has 0 saturated carbocycles. The number of nitrogens with one attached hydrogen (secondary N) is 1. The molecule has 0 bridgehead atoms. The lowest BCUT2D eigenvalue weighted by Gasteiger charge is -2.23. The maximum Gasteiger partial charge on any atom is 0.223 e. The first-order chi connectivity index (χ1) is 14.4. The fourth-order valence-electron chi connectivity index (χ4n) is 3.97. The van der Waals surface area contributed by atoms with Gasteiger partial charge in [0, 0.05) is 57.3 Å². The van der Waals surface area contributed by atoms with E-state index in [0.717, 1.165) is 57.3 Å². The summed E-state index contributed by atoms with van der Waals surface area (Å²) in [5, 5.41) is 11.8. The summed E-state index contributed by atoms with van der Waals surface area (Å²) >= 11 is 0. The lowest BCUT2D eigenvalue weighted by Crippen LogP contribution is -2.32. The van der Waals surface area contributed by atoms with Gasteiger partial charge in [-0.05, 0) is 38.5 Å². The summed E-state index contributed by atoms with van der Waals surface area (Å²) in [5.41, 5.74) is 2.62. The van der Waals surface area contributed by atoms with Gasteiger partial charge in [-0.2, -0.15) is 0 Å². The molecule has 0 fully saturated rings. The lowest BCUT2D eigenvalue weighted by atomic mass is 10.1. The first-order valence-electron chi connectivity index (χ1n) is 11.2. The number of carbonyl (C=O) groups is 1. The van der Waals surface area contributed by atoms with Crippen molar-refractivity contribution in [2.24, 2.45) is 5.92 Å². The molecule has 1 aliphatic heterocycles. The second-order valence-corrected chi connectivity index (χ2v) is 8.38. The number of rotatable bonds is 8. The number of amides is 1. The number of fused-ring (bicyclic) bond motifs is 1. The molecule has 30 heavy (non-hydrogen) atoms. The van der Waals surface area contributed by atoms with Crippen LogP contribution in [0.25, 0.3) is 0 Å². The van der Waals surface area contributed by atoms with Gasteiger partial charge in [-0.1, -0.05) is 26.0 Å². The summed E-state index contributed by atoms with van der Waals surface area (Å²) in [5.74, 6) is 1.87. The number of hydrogen-bond donors (Lipinski definition) is 1. The van der Waals surface area contributed by atoms with Crippen molar-refractivity contribution in [1.29, 1.82) is 0 Å². The van der Waals surface area contributed by atoms with Crippen LogP contribution in [0.4, 0.5) is 5.69 Å². The van der Waals surface area contributed by atoms with Crippen LogP contribution in [0.3, 0.4) is 0 Å². The highest BCUT2D eigenvalue weighted by Gasteiger charge is 2.23. The standard InChI is InChI=1S/C23H36N6O/c1-6-28(7-2)20-10-8-19(9-11-20)16-27-13-12-21-25-26-22(29(21)15-14-27)18(5)24-23(30)17(3)4/h8-11,17-18H,6-7,12-16H2,1-5H3,(H,24,30)/t18-/m1/s1. The largest absolute Gasteiger partial charge is 0.372 e. The molecule has 1 amide bonds. The second kappa shape index (κ2) is 10.1. The molecule has 1 aromatic carbocycles. The third-order valence-corrected chi connectivity index (χ3v) is 5.89. The molecule has 1 aromatic heterocycles. The zero-order valence-electron chi connectivity index (χ0n) is 19.1. The van der Waals surface area contributed by atoms with Gasteiger partial charge in [0.25, 0.3) is 0 Å². The Morgan fingerprint density at radius 1 is 1.07 bits per heavy atom. The molecule has 3 rings (SSSR count). The molecule has 0 saturated heterocycles. The van der Waals surface area contributed by atoms with E-state index in [4.69, 9.17) is 0 Å². The molecular weight excluding hydrogens is 376 g/mol. The van der Waals surface area contributed by atoms with Crippen LogP contribution in [0.2, 0.25) is 0 Å². The van der Waals surface area contributed by atoms with Gasteiger partial charge in [0.15, 0.2) is 5.82 Å². The molecule has 0 unspecified atom stereocenters. The fourth-order valence-corrected chi connectivity index (χ4v) is 3.97. The van der Waals surface area contributed by atoms with E-state index in [9.17, 15) is 4.79 Å². The number of nitrogens with zero attached hydrogens (tertiary/aromatic N) is 5. The van der Waals surface area contributed by atoms with E-state index in [1.54, 1.807) is 0 Å². The minimum absolute atomic E-state index is 0.0393. The molecular formula is C23H36N6O. The maximum atomic E-state index is 12.1.